The van der Waals surface area contributed by atoms with Gasteiger partial charge in [0.25, 0.3) is 5.91 Å². The number of benzene rings is 2. The Morgan fingerprint density at radius 3 is 2.44 bits per heavy atom. The van der Waals surface area contributed by atoms with Crippen LogP contribution in [-0.4, -0.2) is 26.7 Å². The van der Waals surface area contributed by atoms with E-state index in [0.29, 0.717) is 16.1 Å². The molecule has 0 aliphatic rings. The summed E-state index contributed by atoms with van der Waals surface area (Å²) in [7, 11) is 0. The van der Waals surface area contributed by atoms with Crippen molar-refractivity contribution in [3.8, 4) is 0 Å². The van der Waals surface area contributed by atoms with Crippen molar-refractivity contribution in [3.05, 3.63) is 75.9 Å². The number of nitrogens with two attached hydrogens (primary N) is 2. The van der Waals surface area contributed by atoms with Crippen LogP contribution in [0.5, 0.6) is 0 Å². The first-order valence-corrected chi connectivity index (χ1v) is 7.72. The van der Waals surface area contributed by atoms with Crippen molar-refractivity contribution in [1.29, 1.82) is 0 Å². The molecule has 0 aliphatic heterocycles. The van der Waals surface area contributed by atoms with Crippen LogP contribution < -0.4 is 11.5 Å². The molecule has 0 bridgehead atoms. The maximum atomic E-state index is 12.5. The van der Waals surface area contributed by atoms with Gasteiger partial charge in [-0.05, 0) is 17.7 Å². The van der Waals surface area contributed by atoms with E-state index in [2.05, 4.69) is 10.3 Å². The smallest absolute Gasteiger partial charge is 0.273 e. The Labute approximate surface area is 148 Å². The molecular weight excluding hydrogens is 342 g/mol. The zero-order valence-corrected chi connectivity index (χ0v) is 13.8. The summed E-state index contributed by atoms with van der Waals surface area (Å²) < 4.78 is 1.34. The Morgan fingerprint density at radius 2 is 1.84 bits per heavy atom. The Bertz CT molecular complexity index is 953. The number of aromatic nitrogens is 3. The van der Waals surface area contributed by atoms with Gasteiger partial charge in [-0.25, -0.2) is 4.68 Å². The predicted molar refractivity (Wildman–Crippen MR) is 93.4 cm³/mol. The molecule has 0 fully saturated rings. The van der Waals surface area contributed by atoms with Gasteiger partial charge in [0.1, 0.15) is 0 Å². The molecule has 4 N–H and O–H groups in total. The van der Waals surface area contributed by atoms with Gasteiger partial charge >= 0.3 is 0 Å². The minimum atomic E-state index is -0.745. The molecule has 1 aromatic heterocycles. The largest absolute Gasteiger partial charge is 0.382 e. The first kappa shape index (κ1) is 16.7. The summed E-state index contributed by atoms with van der Waals surface area (Å²) in [5, 5.41) is 7.76. The summed E-state index contributed by atoms with van der Waals surface area (Å²) in [6.45, 7) is 0.242. The van der Waals surface area contributed by atoms with Gasteiger partial charge in [0.05, 0.1) is 11.6 Å². The molecule has 126 valence electrons. The highest BCUT2D eigenvalue weighted by Crippen LogP contribution is 2.22. The van der Waals surface area contributed by atoms with Crippen LogP contribution in [0, 0.1) is 0 Å². The number of amides is 1. The van der Waals surface area contributed by atoms with E-state index in [9.17, 15) is 9.59 Å². The number of carbonyl (C=O) groups is 2. The predicted octanol–water partition coefficient (Wildman–Crippen LogP) is 1.89. The summed E-state index contributed by atoms with van der Waals surface area (Å²) in [4.78, 5) is 23.6. The van der Waals surface area contributed by atoms with Gasteiger partial charge in [-0.2, -0.15) is 0 Å². The molecule has 2 aromatic carbocycles. The molecule has 0 aliphatic carbocycles. The Hall–Kier alpha value is -3.19. The standard InChI is InChI=1S/C17H14ClN5O2/c18-13-8-10(9-23-16(19)14(17(20)25)21-22-23)6-7-12(13)15(24)11-4-2-1-3-5-11/h1-8H,9,19H2,(H2,20,25). The van der Waals surface area contributed by atoms with E-state index in [1.54, 1.807) is 42.5 Å². The van der Waals surface area contributed by atoms with Gasteiger partial charge in [-0.3, -0.25) is 9.59 Å². The molecule has 3 rings (SSSR count). The fourth-order valence-corrected chi connectivity index (χ4v) is 2.66. The Balaban J connectivity index is 1.85. The number of hydrogen-bond acceptors (Lipinski definition) is 5. The maximum absolute atomic E-state index is 12.5. The number of rotatable bonds is 5. The second-order valence-corrected chi connectivity index (χ2v) is 5.76. The van der Waals surface area contributed by atoms with Gasteiger partial charge < -0.3 is 11.5 Å². The third kappa shape index (κ3) is 3.36. The van der Waals surface area contributed by atoms with Crippen LogP contribution in [0.1, 0.15) is 32.0 Å². The fraction of sp³-hybridized carbons (Fsp3) is 0.0588. The molecule has 25 heavy (non-hydrogen) atoms. The van der Waals surface area contributed by atoms with E-state index in [-0.39, 0.29) is 23.8 Å². The van der Waals surface area contributed by atoms with E-state index in [1.165, 1.54) is 4.68 Å². The summed E-state index contributed by atoms with van der Waals surface area (Å²) >= 11 is 6.26. The molecule has 0 saturated carbocycles. The number of nitrogens with zero attached hydrogens (tertiary/aromatic N) is 3. The number of carbonyl (C=O) groups excluding carboxylic acids is 2. The van der Waals surface area contributed by atoms with Crippen LogP contribution in [0.15, 0.2) is 48.5 Å². The molecular formula is C17H14ClN5O2. The number of nitrogen functional groups attached to an aromatic ring is 1. The van der Waals surface area contributed by atoms with Crippen molar-refractivity contribution >= 4 is 29.1 Å². The Morgan fingerprint density at radius 1 is 1.12 bits per heavy atom. The molecule has 0 spiro atoms. The van der Waals surface area contributed by atoms with Gasteiger partial charge in [0.15, 0.2) is 17.3 Å². The zero-order chi connectivity index (χ0) is 18.0. The quantitative estimate of drug-likeness (QED) is 0.678. The van der Waals surface area contributed by atoms with Gasteiger partial charge in [0.2, 0.25) is 0 Å². The summed E-state index contributed by atoms with van der Waals surface area (Å²) in [5.41, 5.74) is 12.6. The number of primary amides is 1. The van der Waals surface area contributed by atoms with Crippen LogP contribution in [0.2, 0.25) is 5.02 Å². The van der Waals surface area contributed by atoms with Crippen molar-refractivity contribution in [2.45, 2.75) is 6.54 Å². The lowest BCUT2D eigenvalue weighted by atomic mass is 10.0. The summed E-state index contributed by atoms with van der Waals surface area (Å²) in [6, 6.07) is 13.9. The second-order valence-electron chi connectivity index (χ2n) is 5.35. The first-order chi connectivity index (χ1) is 12.0. The lowest BCUT2D eigenvalue weighted by Gasteiger charge is -2.08. The minimum absolute atomic E-state index is 0.0769. The molecule has 8 heteroatoms. The zero-order valence-electron chi connectivity index (χ0n) is 13.0. The molecule has 0 saturated heterocycles. The van der Waals surface area contributed by atoms with Crippen LogP contribution in [-0.2, 0) is 6.54 Å². The van der Waals surface area contributed by atoms with Crippen molar-refractivity contribution < 1.29 is 9.59 Å². The molecule has 1 amide bonds. The number of ketones is 1. The van der Waals surface area contributed by atoms with Crippen molar-refractivity contribution in [2.75, 3.05) is 5.73 Å². The van der Waals surface area contributed by atoms with E-state index < -0.39 is 5.91 Å². The van der Waals surface area contributed by atoms with E-state index in [0.717, 1.165) is 5.56 Å². The van der Waals surface area contributed by atoms with Gasteiger partial charge in [-0.1, -0.05) is 53.2 Å². The lowest BCUT2D eigenvalue weighted by Crippen LogP contribution is -2.15. The van der Waals surface area contributed by atoms with Crippen molar-refractivity contribution in [2.24, 2.45) is 5.73 Å². The second kappa shape index (κ2) is 6.74. The van der Waals surface area contributed by atoms with Gasteiger partial charge in [-0.15, -0.1) is 5.10 Å². The number of anilines is 1. The van der Waals surface area contributed by atoms with Crippen LogP contribution in [0.4, 0.5) is 5.82 Å². The van der Waals surface area contributed by atoms with E-state index in [4.69, 9.17) is 23.1 Å². The van der Waals surface area contributed by atoms with E-state index in [1.807, 2.05) is 6.07 Å². The lowest BCUT2D eigenvalue weighted by molar-refractivity contribution is 0.0994. The first-order valence-electron chi connectivity index (χ1n) is 7.34. The highest BCUT2D eigenvalue weighted by molar-refractivity contribution is 6.35. The molecule has 3 aromatic rings. The fourth-order valence-electron chi connectivity index (χ4n) is 2.37. The monoisotopic (exact) mass is 355 g/mol. The van der Waals surface area contributed by atoms with E-state index >= 15 is 0 Å². The average molecular weight is 356 g/mol. The number of halogens is 1. The third-order valence-corrected chi connectivity index (χ3v) is 3.97. The molecule has 0 atom stereocenters. The highest BCUT2D eigenvalue weighted by atomic mass is 35.5. The Kier molecular flexibility index (Phi) is 4.49. The van der Waals surface area contributed by atoms with Crippen molar-refractivity contribution in [3.63, 3.8) is 0 Å². The number of hydrogen-bond donors (Lipinski definition) is 2. The average Bonchev–Trinajstić information content (AvgIpc) is 2.96. The summed E-state index contributed by atoms with van der Waals surface area (Å²) in [5.74, 6) is -0.827. The maximum Gasteiger partial charge on any atom is 0.273 e. The highest BCUT2D eigenvalue weighted by Gasteiger charge is 2.16. The topological polar surface area (TPSA) is 117 Å². The third-order valence-electron chi connectivity index (χ3n) is 3.65. The van der Waals surface area contributed by atoms with Crippen LogP contribution >= 0.6 is 11.6 Å². The molecule has 0 unspecified atom stereocenters. The summed E-state index contributed by atoms with van der Waals surface area (Å²) in [6.07, 6.45) is 0. The van der Waals surface area contributed by atoms with Crippen LogP contribution in [0.25, 0.3) is 0 Å². The SMILES string of the molecule is NC(=O)c1nnn(Cc2ccc(C(=O)c3ccccc3)c(Cl)c2)c1N. The van der Waals surface area contributed by atoms with Gasteiger partial charge in [0, 0.05) is 11.1 Å². The van der Waals surface area contributed by atoms with Crippen molar-refractivity contribution in [1.82, 2.24) is 15.0 Å². The normalized spacial score (nSPS) is 10.6. The van der Waals surface area contributed by atoms with Crippen LogP contribution in [0.3, 0.4) is 0 Å². The molecule has 1 heterocycles. The molecule has 0 radical (unpaired) electrons. The molecule has 7 nitrogen and oxygen atoms in total. The minimum Gasteiger partial charge on any atom is -0.382 e.